The Morgan fingerprint density at radius 3 is 2.55 bits per heavy atom. The highest BCUT2D eigenvalue weighted by Gasteiger charge is 2.10. The minimum atomic E-state index is 0.000569. The van der Waals surface area contributed by atoms with Gasteiger partial charge in [0.2, 0.25) is 0 Å². The predicted molar refractivity (Wildman–Crippen MR) is 88.3 cm³/mol. The van der Waals surface area contributed by atoms with Crippen LogP contribution in [0.15, 0.2) is 60.7 Å². The fourth-order valence-corrected chi connectivity index (χ4v) is 2.92. The maximum absolute atomic E-state index is 10.8. The topological polar surface area (TPSA) is 53.1 Å². The molecule has 0 saturated carbocycles. The summed E-state index contributed by atoms with van der Waals surface area (Å²) in [7, 11) is 0. The summed E-state index contributed by atoms with van der Waals surface area (Å²) in [6.45, 7) is 0. The molecule has 1 heterocycles. The van der Waals surface area contributed by atoms with Crippen molar-refractivity contribution in [3.05, 3.63) is 66.2 Å². The Bertz CT molecular complexity index is 1010. The van der Waals surface area contributed by atoms with Gasteiger partial charge in [-0.1, -0.05) is 42.5 Å². The van der Waals surface area contributed by atoms with Crippen molar-refractivity contribution in [1.82, 2.24) is 4.98 Å². The molecular weight excluding hydrogens is 274 g/mol. The van der Waals surface area contributed by atoms with Crippen LogP contribution in [0.4, 0.5) is 0 Å². The molecule has 0 aliphatic heterocycles. The van der Waals surface area contributed by atoms with E-state index in [1.54, 1.807) is 12.1 Å². The van der Waals surface area contributed by atoms with Gasteiger partial charge >= 0.3 is 0 Å². The van der Waals surface area contributed by atoms with Crippen LogP contribution in [0.3, 0.4) is 0 Å². The van der Waals surface area contributed by atoms with Gasteiger partial charge in [0, 0.05) is 21.9 Å². The van der Waals surface area contributed by atoms with E-state index in [2.05, 4.69) is 17.1 Å². The molecule has 0 saturated heterocycles. The molecule has 2 N–H and O–H groups in total. The number of carbonyl (C=O) groups excluding carboxylic acids is 1. The van der Waals surface area contributed by atoms with Gasteiger partial charge in [-0.05, 0) is 23.8 Å². The largest absolute Gasteiger partial charge is 0.507 e. The lowest BCUT2D eigenvalue weighted by Gasteiger charge is -2.05. The van der Waals surface area contributed by atoms with E-state index < -0.39 is 0 Å². The van der Waals surface area contributed by atoms with E-state index in [0.29, 0.717) is 11.8 Å². The van der Waals surface area contributed by atoms with Crippen molar-refractivity contribution in [2.24, 2.45) is 0 Å². The number of carbonyl (C=O) groups is 1. The van der Waals surface area contributed by atoms with E-state index in [1.807, 2.05) is 36.4 Å². The Balaban J connectivity index is 2.02. The van der Waals surface area contributed by atoms with Crippen LogP contribution in [0.1, 0.15) is 10.4 Å². The summed E-state index contributed by atoms with van der Waals surface area (Å²) < 4.78 is 0. The second-order valence-corrected chi connectivity index (χ2v) is 5.29. The summed E-state index contributed by atoms with van der Waals surface area (Å²) in [5.74, 6) is 0.000569. The van der Waals surface area contributed by atoms with Crippen LogP contribution in [-0.2, 0) is 0 Å². The van der Waals surface area contributed by atoms with Gasteiger partial charge in [-0.2, -0.15) is 0 Å². The number of phenolic OH excluding ortho intramolecular Hbond substituents is 1. The van der Waals surface area contributed by atoms with Crippen LogP contribution in [-0.4, -0.2) is 16.4 Å². The first-order chi connectivity index (χ1) is 10.8. The van der Waals surface area contributed by atoms with Crippen LogP contribution in [0, 0.1) is 0 Å². The fraction of sp³-hybridized carbons (Fsp3) is 0. The molecule has 4 rings (SSSR count). The molecule has 0 bridgehead atoms. The number of aromatic amines is 1. The Morgan fingerprint density at radius 2 is 1.73 bits per heavy atom. The Hall–Kier alpha value is -3.07. The summed E-state index contributed by atoms with van der Waals surface area (Å²) >= 11 is 0. The molecule has 22 heavy (non-hydrogen) atoms. The highest BCUT2D eigenvalue weighted by molar-refractivity contribution is 6.11. The van der Waals surface area contributed by atoms with Crippen LogP contribution in [0.2, 0.25) is 0 Å². The fourth-order valence-electron chi connectivity index (χ4n) is 2.92. The zero-order valence-electron chi connectivity index (χ0n) is 11.7. The van der Waals surface area contributed by atoms with Gasteiger partial charge in [0.25, 0.3) is 0 Å². The number of H-pyrrole nitrogens is 1. The van der Waals surface area contributed by atoms with Crippen molar-refractivity contribution in [2.75, 3.05) is 0 Å². The summed E-state index contributed by atoms with van der Waals surface area (Å²) in [4.78, 5) is 14.3. The van der Waals surface area contributed by atoms with Gasteiger partial charge in [0.05, 0.1) is 11.1 Å². The third kappa shape index (κ3) is 1.79. The van der Waals surface area contributed by atoms with Crippen molar-refractivity contribution < 1.29 is 9.90 Å². The molecule has 1 aromatic heterocycles. The monoisotopic (exact) mass is 287 g/mol. The average Bonchev–Trinajstić information content (AvgIpc) is 2.93. The number of phenols is 1. The van der Waals surface area contributed by atoms with Crippen LogP contribution in [0.25, 0.3) is 32.9 Å². The summed E-state index contributed by atoms with van der Waals surface area (Å²) in [6, 6.07) is 19.4. The van der Waals surface area contributed by atoms with Crippen molar-refractivity contribution >= 4 is 28.1 Å². The van der Waals surface area contributed by atoms with Crippen molar-refractivity contribution in [1.29, 1.82) is 0 Å². The summed E-state index contributed by atoms with van der Waals surface area (Å²) in [5, 5.41) is 12.2. The number of aldehydes is 1. The lowest BCUT2D eigenvalue weighted by atomic mass is 10.0. The van der Waals surface area contributed by atoms with E-state index in [4.69, 9.17) is 0 Å². The maximum Gasteiger partial charge on any atom is 0.153 e. The van der Waals surface area contributed by atoms with Crippen molar-refractivity contribution in [3.63, 3.8) is 0 Å². The van der Waals surface area contributed by atoms with Gasteiger partial charge in [0.1, 0.15) is 5.75 Å². The molecule has 3 aromatic carbocycles. The highest BCUT2D eigenvalue weighted by atomic mass is 16.3. The molecule has 0 unspecified atom stereocenters. The average molecular weight is 287 g/mol. The lowest BCUT2D eigenvalue weighted by molar-refractivity contribution is 0.112. The molecule has 0 radical (unpaired) electrons. The quantitative estimate of drug-likeness (QED) is 0.533. The molecule has 0 aliphatic carbocycles. The molecule has 0 spiro atoms. The molecular formula is C19H13NO2. The van der Waals surface area contributed by atoms with E-state index >= 15 is 0 Å². The number of nitrogens with one attached hydrogen (secondary N) is 1. The molecule has 3 heteroatoms. The Morgan fingerprint density at radius 1 is 0.909 bits per heavy atom. The Kier molecular flexibility index (Phi) is 2.73. The third-order valence-electron chi connectivity index (χ3n) is 4.01. The number of para-hydroxylation sites is 2. The smallest absolute Gasteiger partial charge is 0.153 e. The number of hydrogen-bond donors (Lipinski definition) is 2. The minimum absolute atomic E-state index is 0.000569. The predicted octanol–water partition coefficient (Wildman–Crippen LogP) is 4.51. The normalized spacial score (nSPS) is 11.1. The first-order valence-corrected chi connectivity index (χ1v) is 7.06. The first-order valence-electron chi connectivity index (χ1n) is 7.06. The molecule has 106 valence electrons. The number of benzene rings is 3. The second kappa shape index (κ2) is 4.74. The molecule has 0 atom stereocenters. The highest BCUT2D eigenvalue weighted by Crippen LogP contribution is 2.34. The molecule has 0 amide bonds. The van der Waals surface area contributed by atoms with Crippen LogP contribution >= 0.6 is 0 Å². The molecule has 4 aromatic rings. The molecule has 0 aliphatic rings. The lowest BCUT2D eigenvalue weighted by Crippen LogP contribution is -1.84. The van der Waals surface area contributed by atoms with E-state index in [0.717, 1.165) is 27.5 Å². The van der Waals surface area contributed by atoms with Gasteiger partial charge in [0.15, 0.2) is 6.29 Å². The van der Waals surface area contributed by atoms with Gasteiger partial charge in [-0.3, -0.25) is 4.79 Å². The van der Waals surface area contributed by atoms with Crippen molar-refractivity contribution in [2.45, 2.75) is 0 Å². The molecule has 3 nitrogen and oxygen atoms in total. The van der Waals surface area contributed by atoms with Crippen LogP contribution in [0.5, 0.6) is 5.75 Å². The second-order valence-electron chi connectivity index (χ2n) is 5.29. The van der Waals surface area contributed by atoms with E-state index in [-0.39, 0.29) is 5.75 Å². The first kappa shape index (κ1) is 12.7. The standard InChI is InChI=1S/C19H13NO2/c21-11-13-9-8-12(10-18(13)22)14-5-3-6-16-15-4-1-2-7-17(15)20-19(14)16/h1-11,20,22H. The van der Waals surface area contributed by atoms with E-state index in [1.165, 1.54) is 5.39 Å². The summed E-state index contributed by atoms with van der Waals surface area (Å²) in [6.07, 6.45) is 0.655. The number of rotatable bonds is 2. The van der Waals surface area contributed by atoms with Gasteiger partial charge < -0.3 is 10.1 Å². The SMILES string of the molecule is O=Cc1ccc(-c2cccc3c2[nH]c2ccccc23)cc1O. The zero-order valence-corrected chi connectivity index (χ0v) is 11.7. The number of aromatic nitrogens is 1. The van der Waals surface area contributed by atoms with Crippen molar-refractivity contribution in [3.8, 4) is 16.9 Å². The third-order valence-corrected chi connectivity index (χ3v) is 4.01. The zero-order chi connectivity index (χ0) is 15.1. The Labute approximate surface area is 126 Å². The van der Waals surface area contributed by atoms with Crippen LogP contribution < -0.4 is 0 Å². The maximum atomic E-state index is 10.8. The number of aromatic hydroxyl groups is 1. The minimum Gasteiger partial charge on any atom is -0.507 e. The molecule has 0 fully saturated rings. The van der Waals surface area contributed by atoms with Gasteiger partial charge in [-0.15, -0.1) is 0 Å². The number of fused-ring (bicyclic) bond motifs is 3. The number of hydrogen-bond acceptors (Lipinski definition) is 2. The summed E-state index contributed by atoms with van der Waals surface area (Å²) in [5.41, 5.74) is 4.29. The van der Waals surface area contributed by atoms with E-state index in [9.17, 15) is 9.90 Å². The van der Waals surface area contributed by atoms with Gasteiger partial charge in [-0.25, -0.2) is 0 Å².